The molecule has 0 aliphatic heterocycles. The van der Waals surface area contributed by atoms with E-state index in [2.05, 4.69) is 27.5 Å². The zero-order valence-electron chi connectivity index (χ0n) is 15.2. The van der Waals surface area contributed by atoms with Gasteiger partial charge < -0.3 is 10.4 Å². The Labute approximate surface area is 161 Å². The molecule has 0 aliphatic carbocycles. The fourth-order valence-corrected chi connectivity index (χ4v) is 3.12. The van der Waals surface area contributed by atoms with E-state index in [-0.39, 0.29) is 6.42 Å². The van der Waals surface area contributed by atoms with Gasteiger partial charge in [0.25, 0.3) is 0 Å². The lowest BCUT2D eigenvalue weighted by molar-refractivity contribution is -0.137. The molecule has 0 fully saturated rings. The van der Waals surface area contributed by atoms with Crippen LogP contribution in [0.25, 0.3) is 16.9 Å². The Bertz CT molecular complexity index is 1090. The lowest BCUT2D eigenvalue weighted by atomic mass is 10.1. The van der Waals surface area contributed by atoms with E-state index in [1.807, 2.05) is 39.7 Å². The summed E-state index contributed by atoms with van der Waals surface area (Å²) in [6.45, 7) is 1.22. The smallest absolute Gasteiger partial charge is 0.303 e. The number of carboxylic acid groups (broad SMARTS) is 1. The molecule has 1 aromatic carbocycles. The van der Waals surface area contributed by atoms with Crippen LogP contribution in [0.1, 0.15) is 18.4 Å². The van der Waals surface area contributed by atoms with E-state index in [1.165, 1.54) is 0 Å². The van der Waals surface area contributed by atoms with Gasteiger partial charge in [0, 0.05) is 43.3 Å². The molecule has 8 heteroatoms. The lowest BCUT2D eigenvalue weighted by Gasteiger charge is -2.09. The number of benzene rings is 1. The zero-order valence-corrected chi connectivity index (χ0v) is 15.2. The Morgan fingerprint density at radius 2 is 2.11 bits per heavy atom. The van der Waals surface area contributed by atoms with Crippen LogP contribution >= 0.6 is 0 Å². The molecule has 142 valence electrons. The maximum atomic E-state index is 10.8. The number of aromatic nitrogens is 5. The molecular weight excluding hydrogens is 356 g/mol. The third-order valence-corrected chi connectivity index (χ3v) is 4.39. The minimum Gasteiger partial charge on any atom is -0.481 e. The minimum atomic E-state index is -0.796. The van der Waals surface area contributed by atoms with E-state index in [9.17, 15) is 4.79 Å². The molecule has 2 N–H and O–H groups in total. The van der Waals surface area contributed by atoms with Crippen LogP contribution in [0.5, 0.6) is 0 Å². The molecular formula is C20H20N6O2. The van der Waals surface area contributed by atoms with Gasteiger partial charge in [-0.2, -0.15) is 5.10 Å². The molecule has 0 aliphatic rings. The van der Waals surface area contributed by atoms with Crippen molar-refractivity contribution in [3.8, 4) is 11.3 Å². The first-order valence-electron chi connectivity index (χ1n) is 9.05. The summed E-state index contributed by atoms with van der Waals surface area (Å²) in [5.74, 6) is 0.0368. The number of carbonyl (C=O) groups is 1. The second kappa shape index (κ2) is 7.91. The Morgan fingerprint density at radius 1 is 1.18 bits per heavy atom. The third kappa shape index (κ3) is 3.85. The number of hydrogen-bond acceptors (Lipinski definition) is 5. The minimum absolute atomic E-state index is 0.125. The summed E-state index contributed by atoms with van der Waals surface area (Å²) in [6, 6.07) is 10.1. The van der Waals surface area contributed by atoms with E-state index in [0.717, 1.165) is 28.3 Å². The fraction of sp³-hybridized carbons (Fsp3) is 0.200. The fourth-order valence-electron chi connectivity index (χ4n) is 3.12. The molecule has 0 saturated carbocycles. The maximum Gasteiger partial charge on any atom is 0.303 e. The van der Waals surface area contributed by atoms with Gasteiger partial charge in [0.15, 0.2) is 5.65 Å². The van der Waals surface area contributed by atoms with Crippen LogP contribution in [0.3, 0.4) is 0 Å². The Hall–Kier alpha value is -3.68. The van der Waals surface area contributed by atoms with Crippen molar-refractivity contribution < 1.29 is 9.90 Å². The van der Waals surface area contributed by atoms with Gasteiger partial charge >= 0.3 is 5.97 Å². The van der Waals surface area contributed by atoms with Gasteiger partial charge in [-0.3, -0.25) is 18.9 Å². The third-order valence-electron chi connectivity index (χ3n) is 4.39. The van der Waals surface area contributed by atoms with Crippen molar-refractivity contribution in [1.29, 1.82) is 0 Å². The van der Waals surface area contributed by atoms with Crippen molar-refractivity contribution in [3.05, 3.63) is 66.9 Å². The molecule has 0 bridgehead atoms. The quantitative estimate of drug-likeness (QED) is 0.459. The first kappa shape index (κ1) is 17.7. The predicted octanol–water partition coefficient (Wildman–Crippen LogP) is 2.92. The molecule has 0 atom stereocenters. The number of rotatable bonds is 8. The maximum absolute atomic E-state index is 10.8. The van der Waals surface area contributed by atoms with E-state index in [1.54, 1.807) is 18.6 Å². The summed E-state index contributed by atoms with van der Waals surface area (Å²) in [7, 11) is 0. The first-order chi connectivity index (χ1) is 13.7. The zero-order chi connectivity index (χ0) is 19.3. The van der Waals surface area contributed by atoms with E-state index in [4.69, 9.17) is 10.1 Å². The summed E-state index contributed by atoms with van der Waals surface area (Å²) in [5, 5.41) is 16.5. The molecule has 3 aromatic heterocycles. The summed E-state index contributed by atoms with van der Waals surface area (Å²) >= 11 is 0. The number of aliphatic carboxylic acids is 1. The van der Waals surface area contributed by atoms with Crippen molar-refractivity contribution in [2.24, 2.45) is 0 Å². The molecule has 4 aromatic rings. The van der Waals surface area contributed by atoms with E-state index in [0.29, 0.717) is 19.5 Å². The van der Waals surface area contributed by atoms with Gasteiger partial charge in [-0.05, 0) is 24.1 Å². The normalized spacial score (nSPS) is 11.0. The van der Waals surface area contributed by atoms with Crippen molar-refractivity contribution in [2.45, 2.75) is 19.4 Å². The number of hydrogen-bond donors (Lipinski definition) is 2. The highest BCUT2D eigenvalue weighted by Gasteiger charge is 2.14. The number of anilines is 1. The predicted molar refractivity (Wildman–Crippen MR) is 105 cm³/mol. The SMILES string of the molecule is O=C(O)CCCNc1c(-c2cccc(Cn3cccn3)c2)nc2cnccn12. The highest BCUT2D eigenvalue weighted by Crippen LogP contribution is 2.29. The first-order valence-corrected chi connectivity index (χ1v) is 9.05. The van der Waals surface area contributed by atoms with Crippen molar-refractivity contribution in [1.82, 2.24) is 24.1 Å². The highest BCUT2D eigenvalue weighted by atomic mass is 16.4. The molecule has 0 unspecified atom stereocenters. The largest absolute Gasteiger partial charge is 0.481 e. The standard InChI is InChI=1S/C20H20N6O2/c27-18(28)6-2-7-22-20-19(24-17-13-21-9-11-26(17)20)16-5-1-4-15(12-16)14-25-10-3-8-23-25/h1,3-5,8-13,22H,2,6-7,14H2,(H,27,28). The number of nitrogens with zero attached hydrogens (tertiary/aromatic N) is 5. The summed E-state index contributed by atoms with van der Waals surface area (Å²) < 4.78 is 3.81. The van der Waals surface area contributed by atoms with Gasteiger partial charge in [0.05, 0.1) is 12.7 Å². The second-order valence-electron chi connectivity index (χ2n) is 6.44. The van der Waals surface area contributed by atoms with Gasteiger partial charge in [-0.1, -0.05) is 18.2 Å². The average Bonchev–Trinajstić information content (AvgIpc) is 3.33. The molecule has 28 heavy (non-hydrogen) atoms. The monoisotopic (exact) mass is 376 g/mol. The van der Waals surface area contributed by atoms with E-state index >= 15 is 0 Å². The van der Waals surface area contributed by atoms with Gasteiger partial charge in [-0.25, -0.2) is 4.98 Å². The Balaban J connectivity index is 1.65. The van der Waals surface area contributed by atoms with Crippen molar-refractivity contribution in [2.75, 3.05) is 11.9 Å². The van der Waals surface area contributed by atoms with Crippen LogP contribution in [0.2, 0.25) is 0 Å². The van der Waals surface area contributed by atoms with Crippen LogP contribution in [-0.4, -0.2) is 41.8 Å². The molecule has 8 nitrogen and oxygen atoms in total. The van der Waals surface area contributed by atoms with Crippen LogP contribution in [0.15, 0.2) is 61.3 Å². The van der Waals surface area contributed by atoms with Crippen LogP contribution in [0.4, 0.5) is 5.82 Å². The van der Waals surface area contributed by atoms with E-state index < -0.39 is 5.97 Å². The van der Waals surface area contributed by atoms with Crippen molar-refractivity contribution >= 4 is 17.4 Å². The molecule has 0 radical (unpaired) electrons. The molecule has 0 saturated heterocycles. The van der Waals surface area contributed by atoms with Crippen LogP contribution in [0, 0.1) is 0 Å². The second-order valence-corrected chi connectivity index (χ2v) is 6.44. The number of carboxylic acids is 1. The van der Waals surface area contributed by atoms with Gasteiger partial charge in [0.2, 0.25) is 0 Å². The molecule has 0 amide bonds. The average molecular weight is 376 g/mol. The molecule has 0 spiro atoms. The molecule has 3 heterocycles. The lowest BCUT2D eigenvalue weighted by Crippen LogP contribution is -2.07. The highest BCUT2D eigenvalue weighted by molar-refractivity contribution is 5.76. The molecule has 4 rings (SSSR count). The van der Waals surface area contributed by atoms with Crippen molar-refractivity contribution in [3.63, 3.8) is 0 Å². The number of fused-ring (bicyclic) bond motifs is 1. The Morgan fingerprint density at radius 3 is 2.93 bits per heavy atom. The Kier molecular flexibility index (Phi) is 5.01. The van der Waals surface area contributed by atoms with Crippen LogP contribution < -0.4 is 5.32 Å². The number of imidazole rings is 1. The summed E-state index contributed by atoms with van der Waals surface area (Å²) in [6.07, 6.45) is 9.61. The topological polar surface area (TPSA) is 97.3 Å². The van der Waals surface area contributed by atoms with Gasteiger partial charge in [0.1, 0.15) is 11.5 Å². The van der Waals surface area contributed by atoms with Gasteiger partial charge in [-0.15, -0.1) is 0 Å². The summed E-state index contributed by atoms with van der Waals surface area (Å²) in [4.78, 5) is 19.7. The van der Waals surface area contributed by atoms with Crippen LogP contribution in [-0.2, 0) is 11.3 Å². The summed E-state index contributed by atoms with van der Waals surface area (Å²) in [5.41, 5.74) is 3.64. The number of nitrogens with one attached hydrogen (secondary N) is 1.